The number of rotatable bonds is 7. The van der Waals surface area contributed by atoms with Crippen LogP contribution in [0.1, 0.15) is 22.3 Å². The Morgan fingerprint density at radius 2 is 1.72 bits per heavy atom. The zero-order chi connectivity index (χ0) is 17.6. The molecule has 2 aromatic carbocycles. The van der Waals surface area contributed by atoms with Crippen LogP contribution in [0.15, 0.2) is 61.2 Å². The minimum absolute atomic E-state index is 0.0965. The quantitative estimate of drug-likeness (QED) is 0.791. The molecule has 2 amide bonds. The first-order valence-electron chi connectivity index (χ1n) is 8.21. The number of carbonyl (C=O) groups is 2. The van der Waals surface area contributed by atoms with E-state index in [1.165, 1.54) is 0 Å². The molecule has 0 radical (unpaired) electrons. The lowest BCUT2D eigenvalue weighted by Crippen LogP contribution is -2.32. The van der Waals surface area contributed by atoms with Crippen molar-refractivity contribution in [2.24, 2.45) is 0 Å². The van der Waals surface area contributed by atoms with Crippen LogP contribution in [0.4, 0.5) is 0 Å². The highest BCUT2D eigenvalue weighted by Crippen LogP contribution is 2.30. The summed E-state index contributed by atoms with van der Waals surface area (Å²) in [6.45, 7) is 5.10. The Balaban J connectivity index is 1.41. The van der Waals surface area contributed by atoms with Crippen LogP contribution < -0.4 is 10.1 Å². The number of carbonyl (C=O) groups excluding carboxylic acids is 2. The molecule has 0 aliphatic carbocycles. The monoisotopic (exact) mass is 336 g/mol. The van der Waals surface area contributed by atoms with Gasteiger partial charge in [-0.3, -0.25) is 9.59 Å². The highest BCUT2D eigenvalue weighted by Gasteiger charge is 2.30. The van der Waals surface area contributed by atoms with Crippen molar-refractivity contribution in [1.82, 2.24) is 10.2 Å². The first-order chi connectivity index (χ1) is 12.2. The molecule has 0 saturated carbocycles. The molecule has 3 rings (SSSR count). The van der Waals surface area contributed by atoms with E-state index in [2.05, 4.69) is 11.9 Å². The molecule has 5 nitrogen and oxygen atoms in total. The van der Waals surface area contributed by atoms with Crippen molar-refractivity contribution in [2.45, 2.75) is 6.42 Å². The minimum atomic E-state index is -0.117. The number of ether oxygens (including phenoxy) is 1. The Kier molecular flexibility index (Phi) is 5.14. The first kappa shape index (κ1) is 16.8. The molecule has 2 aromatic rings. The molecule has 0 aromatic heterocycles. The van der Waals surface area contributed by atoms with Gasteiger partial charge in [0.05, 0.1) is 6.54 Å². The Labute approximate surface area is 146 Å². The number of nitrogens with one attached hydrogen (secondary N) is 1. The Morgan fingerprint density at radius 3 is 2.44 bits per heavy atom. The van der Waals surface area contributed by atoms with Crippen molar-refractivity contribution in [3.63, 3.8) is 0 Å². The Bertz CT molecular complexity index is 752. The number of para-hydroxylation sites is 1. The van der Waals surface area contributed by atoms with Crippen molar-refractivity contribution in [1.29, 1.82) is 0 Å². The average Bonchev–Trinajstić information content (AvgIpc) is 2.89. The van der Waals surface area contributed by atoms with Crippen LogP contribution in [0.2, 0.25) is 0 Å². The van der Waals surface area contributed by atoms with E-state index in [0.717, 1.165) is 11.3 Å². The van der Waals surface area contributed by atoms with Crippen molar-refractivity contribution in [3.05, 3.63) is 72.3 Å². The van der Waals surface area contributed by atoms with Crippen LogP contribution in [-0.4, -0.2) is 36.4 Å². The lowest BCUT2D eigenvalue weighted by Gasteiger charge is -2.17. The molecule has 25 heavy (non-hydrogen) atoms. The third-order valence-corrected chi connectivity index (χ3v) is 4.04. The van der Waals surface area contributed by atoms with Gasteiger partial charge in [-0.1, -0.05) is 43.0 Å². The van der Waals surface area contributed by atoms with E-state index in [1.54, 1.807) is 11.0 Å². The summed E-state index contributed by atoms with van der Waals surface area (Å²) in [4.78, 5) is 25.9. The predicted octanol–water partition coefficient (Wildman–Crippen LogP) is 2.70. The van der Waals surface area contributed by atoms with Gasteiger partial charge in [-0.15, -0.1) is 0 Å². The lowest BCUT2D eigenvalue weighted by atomic mass is 10.1. The van der Waals surface area contributed by atoms with Crippen LogP contribution in [0.3, 0.4) is 0 Å². The molecule has 0 fully saturated rings. The fourth-order valence-corrected chi connectivity index (χ4v) is 2.75. The number of hydrogen-bond donors (Lipinski definition) is 1. The highest BCUT2D eigenvalue weighted by molar-refractivity contribution is 6.08. The smallest absolute Gasteiger partial charge is 0.258 e. The van der Waals surface area contributed by atoms with Crippen LogP contribution in [0.25, 0.3) is 5.70 Å². The van der Waals surface area contributed by atoms with Gasteiger partial charge >= 0.3 is 0 Å². The molecule has 128 valence electrons. The molecule has 1 N–H and O–H groups in total. The van der Waals surface area contributed by atoms with Gasteiger partial charge in [0.25, 0.3) is 5.91 Å². The van der Waals surface area contributed by atoms with Gasteiger partial charge in [0.1, 0.15) is 12.4 Å². The average molecular weight is 336 g/mol. The number of amides is 2. The van der Waals surface area contributed by atoms with E-state index in [9.17, 15) is 9.59 Å². The van der Waals surface area contributed by atoms with Crippen molar-refractivity contribution in [2.75, 3.05) is 19.7 Å². The van der Waals surface area contributed by atoms with Crippen LogP contribution in [-0.2, 0) is 4.79 Å². The zero-order valence-electron chi connectivity index (χ0n) is 13.9. The van der Waals surface area contributed by atoms with E-state index in [4.69, 9.17) is 4.74 Å². The zero-order valence-corrected chi connectivity index (χ0v) is 13.9. The van der Waals surface area contributed by atoms with Crippen LogP contribution in [0.5, 0.6) is 5.75 Å². The van der Waals surface area contributed by atoms with Gasteiger partial charge in [-0.2, -0.15) is 0 Å². The summed E-state index contributed by atoms with van der Waals surface area (Å²) in [6, 6.07) is 16.8. The molecule has 0 atom stereocenters. The number of benzene rings is 2. The summed E-state index contributed by atoms with van der Waals surface area (Å²) < 4.78 is 5.52. The molecule has 1 aliphatic rings. The summed E-state index contributed by atoms with van der Waals surface area (Å²) in [7, 11) is 0. The maximum atomic E-state index is 12.4. The van der Waals surface area contributed by atoms with Gasteiger partial charge < -0.3 is 15.0 Å². The molecule has 1 heterocycles. The molecule has 5 heteroatoms. The van der Waals surface area contributed by atoms with E-state index in [0.29, 0.717) is 31.0 Å². The molecule has 0 bridgehead atoms. The number of hydrogen-bond acceptors (Lipinski definition) is 3. The van der Waals surface area contributed by atoms with Crippen molar-refractivity contribution < 1.29 is 14.3 Å². The fraction of sp³-hybridized carbons (Fsp3) is 0.200. The topological polar surface area (TPSA) is 58.6 Å². The van der Waals surface area contributed by atoms with Gasteiger partial charge in [0.15, 0.2) is 0 Å². The second kappa shape index (κ2) is 7.66. The Hall–Kier alpha value is -3.08. The summed E-state index contributed by atoms with van der Waals surface area (Å²) in [5, 5.41) is 2.80. The van der Waals surface area contributed by atoms with Crippen molar-refractivity contribution in [3.8, 4) is 5.75 Å². The maximum Gasteiger partial charge on any atom is 0.258 e. The lowest BCUT2D eigenvalue weighted by molar-refractivity contribution is -0.121. The predicted molar refractivity (Wildman–Crippen MR) is 96.1 cm³/mol. The SMILES string of the molecule is C=C1c2ccccc2C(=O)N1CCC(=O)NCCOc1ccccc1. The maximum absolute atomic E-state index is 12.4. The minimum Gasteiger partial charge on any atom is -0.492 e. The van der Waals surface area contributed by atoms with E-state index in [-0.39, 0.29) is 18.2 Å². The first-order valence-corrected chi connectivity index (χ1v) is 8.21. The van der Waals surface area contributed by atoms with Gasteiger partial charge in [0.2, 0.25) is 5.91 Å². The molecule has 1 aliphatic heterocycles. The third kappa shape index (κ3) is 3.88. The molecule has 0 unspecified atom stereocenters. The van der Waals surface area contributed by atoms with Crippen molar-refractivity contribution >= 4 is 17.5 Å². The highest BCUT2D eigenvalue weighted by atomic mass is 16.5. The van der Waals surface area contributed by atoms with Crippen LogP contribution >= 0.6 is 0 Å². The summed E-state index contributed by atoms with van der Waals surface area (Å²) in [5.41, 5.74) is 2.13. The number of fused-ring (bicyclic) bond motifs is 1. The van der Waals surface area contributed by atoms with Gasteiger partial charge in [-0.05, 0) is 18.2 Å². The Morgan fingerprint density at radius 1 is 1.04 bits per heavy atom. The second-order valence-electron chi connectivity index (χ2n) is 5.71. The molecule has 0 saturated heterocycles. The standard InChI is InChI=1S/C20H20N2O3/c1-15-17-9-5-6-10-18(17)20(24)22(15)13-11-19(23)21-12-14-25-16-7-3-2-4-8-16/h2-10H,1,11-14H2,(H,21,23). The van der Waals surface area contributed by atoms with E-state index < -0.39 is 0 Å². The largest absolute Gasteiger partial charge is 0.492 e. The van der Waals surface area contributed by atoms with E-state index >= 15 is 0 Å². The summed E-state index contributed by atoms with van der Waals surface area (Å²) in [6.07, 6.45) is 0.226. The molecular weight excluding hydrogens is 316 g/mol. The second-order valence-corrected chi connectivity index (χ2v) is 5.71. The summed E-state index contributed by atoms with van der Waals surface area (Å²) >= 11 is 0. The molecular formula is C20H20N2O3. The number of nitrogens with zero attached hydrogens (tertiary/aromatic N) is 1. The summed E-state index contributed by atoms with van der Waals surface area (Å²) in [5.74, 6) is 0.558. The van der Waals surface area contributed by atoms with Gasteiger partial charge in [-0.25, -0.2) is 0 Å². The van der Waals surface area contributed by atoms with Gasteiger partial charge in [0, 0.05) is 29.8 Å². The van der Waals surface area contributed by atoms with E-state index in [1.807, 2.05) is 48.5 Å². The fourth-order valence-electron chi connectivity index (χ4n) is 2.75. The normalized spacial score (nSPS) is 12.9. The third-order valence-electron chi connectivity index (χ3n) is 4.04. The molecule has 0 spiro atoms. The van der Waals surface area contributed by atoms with Crippen LogP contribution in [0, 0.1) is 0 Å².